The Labute approximate surface area is 128 Å². The van der Waals surface area contributed by atoms with Crippen LogP contribution in [-0.2, 0) is 16.0 Å². The highest BCUT2D eigenvalue weighted by Crippen LogP contribution is 2.29. The summed E-state index contributed by atoms with van der Waals surface area (Å²) in [6.07, 6.45) is 1.18. The van der Waals surface area contributed by atoms with Gasteiger partial charge in [-0.3, -0.25) is 9.59 Å². The number of hydrogen-bond acceptors (Lipinski definition) is 4. The highest BCUT2D eigenvalue weighted by atomic mass is 32.2. The van der Waals surface area contributed by atoms with E-state index in [0.717, 1.165) is 29.9 Å². The maximum absolute atomic E-state index is 11.9. The molecule has 114 valence electrons. The number of rotatable bonds is 6. The summed E-state index contributed by atoms with van der Waals surface area (Å²) in [4.78, 5) is 24.3. The first-order valence-corrected chi connectivity index (χ1v) is 7.91. The highest BCUT2D eigenvalue weighted by molar-refractivity contribution is 8.00. The fraction of sp³-hybridized carbons (Fsp3) is 0.467. The van der Waals surface area contributed by atoms with Crippen LogP contribution in [0.2, 0.25) is 0 Å². The van der Waals surface area contributed by atoms with Crippen LogP contribution in [0.5, 0.6) is 5.75 Å². The van der Waals surface area contributed by atoms with Crippen molar-refractivity contribution in [1.29, 1.82) is 0 Å². The predicted molar refractivity (Wildman–Crippen MR) is 81.5 cm³/mol. The molecule has 1 aromatic carbocycles. The second-order valence-electron chi connectivity index (χ2n) is 4.83. The van der Waals surface area contributed by atoms with Crippen molar-refractivity contribution in [3.8, 4) is 5.75 Å². The van der Waals surface area contributed by atoms with Crippen LogP contribution in [0.1, 0.15) is 18.4 Å². The van der Waals surface area contributed by atoms with Crippen molar-refractivity contribution in [2.24, 2.45) is 0 Å². The lowest BCUT2D eigenvalue weighted by Gasteiger charge is -2.23. The van der Waals surface area contributed by atoms with Crippen LogP contribution in [0, 0.1) is 0 Å². The molecule has 1 aliphatic heterocycles. The number of para-hydroxylation sites is 1. The van der Waals surface area contributed by atoms with Crippen LogP contribution >= 0.6 is 11.8 Å². The Balaban J connectivity index is 1.95. The molecule has 1 atom stereocenters. The van der Waals surface area contributed by atoms with Gasteiger partial charge in [-0.05, 0) is 24.5 Å². The van der Waals surface area contributed by atoms with Crippen LogP contribution in [0.3, 0.4) is 0 Å². The fourth-order valence-corrected chi connectivity index (χ4v) is 3.73. The number of benzene rings is 1. The maximum Gasteiger partial charge on any atom is 0.312 e. The van der Waals surface area contributed by atoms with E-state index in [1.807, 2.05) is 24.3 Å². The van der Waals surface area contributed by atoms with Gasteiger partial charge in [0.2, 0.25) is 5.91 Å². The molecule has 0 radical (unpaired) electrons. The van der Waals surface area contributed by atoms with Crippen LogP contribution in [0.4, 0.5) is 0 Å². The third kappa shape index (κ3) is 4.14. The van der Waals surface area contributed by atoms with Gasteiger partial charge in [0.1, 0.15) is 12.2 Å². The van der Waals surface area contributed by atoms with Gasteiger partial charge in [0.05, 0.1) is 12.5 Å². The molecule has 5 nitrogen and oxygen atoms in total. The Bertz CT molecular complexity index is 520. The molecule has 1 amide bonds. The Morgan fingerprint density at radius 3 is 2.90 bits per heavy atom. The number of aliphatic carboxylic acids is 1. The van der Waals surface area contributed by atoms with Gasteiger partial charge in [0.15, 0.2) is 0 Å². The van der Waals surface area contributed by atoms with Crippen molar-refractivity contribution in [1.82, 2.24) is 4.90 Å². The molecular weight excluding hydrogens is 290 g/mol. The second-order valence-corrected chi connectivity index (χ2v) is 6.12. The molecule has 0 saturated carbocycles. The molecule has 1 aromatic rings. The van der Waals surface area contributed by atoms with Crippen molar-refractivity contribution in [2.75, 3.05) is 19.4 Å². The molecule has 1 unspecified atom stereocenters. The summed E-state index contributed by atoms with van der Waals surface area (Å²) >= 11 is 1.71. The Morgan fingerprint density at radius 2 is 2.19 bits per heavy atom. The van der Waals surface area contributed by atoms with Crippen molar-refractivity contribution in [3.63, 3.8) is 0 Å². The van der Waals surface area contributed by atoms with Crippen LogP contribution < -0.4 is 4.74 Å². The lowest BCUT2D eigenvalue weighted by atomic mass is 10.1. The van der Waals surface area contributed by atoms with E-state index < -0.39 is 12.4 Å². The number of nitrogens with zero attached hydrogens (tertiary/aromatic N) is 1. The number of carbonyl (C=O) groups is 2. The molecule has 1 aliphatic rings. The lowest BCUT2D eigenvalue weighted by Crippen LogP contribution is -2.36. The Morgan fingerprint density at radius 1 is 1.43 bits per heavy atom. The number of carboxylic acids is 1. The number of aryl methyl sites for hydroxylation is 1. The first-order chi connectivity index (χ1) is 10.1. The number of thioether (sulfide) groups is 1. The molecule has 1 saturated heterocycles. The third-order valence-corrected chi connectivity index (χ3v) is 4.76. The quantitative estimate of drug-likeness (QED) is 0.814. The van der Waals surface area contributed by atoms with Gasteiger partial charge in [-0.1, -0.05) is 18.2 Å². The van der Waals surface area contributed by atoms with Gasteiger partial charge in [-0.25, -0.2) is 0 Å². The molecule has 6 heteroatoms. The largest absolute Gasteiger partial charge is 0.496 e. The van der Waals surface area contributed by atoms with E-state index in [9.17, 15) is 9.59 Å². The average molecular weight is 309 g/mol. The minimum Gasteiger partial charge on any atom is -0.496 e. The van der Waals surface area contributed by atoms with Crippen molar-refractivity contribution >= 4 is 23.6 Å². The normalized spacial score (nSPS) is 17.8. The summed E-state index contributed by atoms with van der Waals surface area (Å²) in [6.45, 7) is 0.632. The summed E-state index contributed by atoms with van der Waals surface area (Å²) in [6, 6.07) is 7.83. The fourth-order valence-electron chi connectivity index (χ4n) is 2.46. The standard InChI is InChI=1S/C15H19NO4S/c1-20-12-5-3-2-4-11(12)6-7-14-16(8-9-21-14)13(17)10-15(18)19/h2-5,14H,6-10H2,1H3,(H,18,19). The predicted octanol–water partition coefficient (Wildman–Crippen LogP) is 2.00. The third-order valence-electron chi connectivity index (χ3n) is 3.47. The molecule has 0 aromatic heterocycles. The zero-order valence-corrected chi connectivity index (χ0v) is 12.8. The minimum absolute atomic E-state index is 0.0572. The van der Waals surface area contributed by atoms with E-state index in [-0.39, 0.29) is 11.3 Å². The summed E-state index contributed by atoms with van der Waals surface area (Å²) < 4.78 is 5.32. The molecule has 1 heterocycles. The second kappa shape index (κ2) is 7.36. The van der Waals surface area contributed by atoms with E-state index >= 15 is 0 Å². The van der Waals surface area contributed by atoms with Crippen LogP contribution in [-0.4, -0.2) is 46.7 Å². The van der Waals surface area contributed by atoms with Gasteiger partial charge >= 0.3 is 5.97 Å². The summed E-state index contributed by atoms with van der Waals surface area (Å²) in [7, 11) is 1.64. The monoisotopic (exact) mass is 309 g/mol. The van der Waals surface area contributed by atoms with Gasteiger partial charge in [0, 0.05) is 12.3 Å². The van der Waals surface area contributed by atoms with E-state index in [4.69, 9.17) is 9.84 Å². The van der Waals surface area contributed by atoms with E-state index in [0.29, 0.717) is 6.54 Å². The number of carbonyl (C=O) groups excluding carboxylic acids is 1. The molecule has 0 spiro atoms. The first kappa shape index (κ1) is 15.7. The number of ether oxygens (including phenoxy) is 1. The number of methoxy groups -OCH3 is 1. The lowest BCUT2D eigenvalue weighted by molar-refractivity contribution is -0.144. The van der Waals surface area contributed by atoms with Crippen molar-refractivity contribution in [3.05, 3.63) is 29.8 Å². The zero-order valence-electron chi connectivity index (χ0n) is 11.9. The van der Waals surface area contributed by atoms with Gasteiger partial charge in [0.25, 0.3) is 0 Å². The summed E-state index contributed by atoms with van der Waals surface area (Å²) in [5.41, 5.74) is 1.11. The molecule has 21 heavy (non-hydrogen) atoms. The van der Waals surface area contributed by atoms with E-state index in [1.165, 1.54) is 0 Å². The SMILES string of the molecule is COc1ccccc1CCC1SCCN1C(=O)CC(=O)O. The number of hydrogen-bond donors (Lipinski definition) is 1. The van der Waals surface area contributed by atoms with Crippen LogP contribution in [0.25, 0.3) is 0 Å². The zero-order chi connectivity index (χ0) is 15.2. The molecule has 1 N–H and O–H groups in total. The first-order valence-electron chi connectivity index (χ1n) is 6.86. The molecule has 2 rings (SSSR count). The van der Waals surface area contributed by atoms with Crippen molar-refractivity contribution in [2.45, 2.75) is 24.6 Å². The molecule has 0 bridgehead atoms. The van der Waals surface area contributed by atoms with Crippen molar-refractivity contribution < 1.29 is 19.4 Å². The molecular formula is C15H19NO4S. The van der Waals surface area contributed by atoms with Gasteiger partial charge in [-0.15, -0.1) is 11.8 Å². The topological polar surface area (TPSA) is 66.8 Å². The number of carboxylic acid groups (broad SMARTS) is 1. The maximum atomic E-state index is 11.9. The Kier molecular flexibility index (Phi) is 5.50. The molecule has 1 fully saturated rings. The number of amides is 1. The summed E-state index contributed by atoms with van der Waals surface area (Å²) in [5, 5.41) is 8.79. The van der Waals surface area contributed by atoms with Gasteiger partial charge in [-0.2, -0.15) is 0 Å². The van der Waals surface area contributed by atoms with E-state index in [1.54, 1.807) is 23.8 Å². The average Bonchev–Trinajstić information content (AvgIpc) is 2.93. The van der Waals surface area contributed by atoms with Crippen LogP contribution in [0.15, 0.2) is 24.3 Å². The smallest absolute Gasteiger partial charge is 0.312 e. The minimum atomic E-state index is -1.07. The van der Waals surface area contributed by atoms with E-state index in [2.05, 4.69) is 0 Å². The Hall–Kier alpha value is -1.69. The summed E-state index contributed by atoms with van der Waals surface area (Å²) in [5.74, 6) is 0.351. The highest BCUT2D eigenvalue weighted by Gasteiger charge is 2.30. The van der Waals surface area contributed by atoms with Gasteiger partial charge < -0.3 is 14.7 Å². The molecule has 0 aliphatic carbocycles.